The van der Waals surface area contributed by atoms with E-state index in [1.54, 1.807) is 6.07 Å². The maximum atomic E-state index is 11.1. The zero-order valence-corrected chi connectivity index (χ0v) is 8.57. The maximum Gasteiger partial charge on any atom is 0.302 e. The Morgan fingerprint density at radius 1 is 1.00 bits per heavy atom. The highest BCUT2D eigenvalue weighted by Gasteiger charge is 2.48. The Balaban J connectivity index is 2.28. The van der Waals surface area contributed by atoms with Crippen LogP contribution >= 0.6 is 0 Å². The topological polar surface area (TPSA) is 46.7 Å². The monoisotopic (exact) mass is 220 g/mol. The molecule has 0 radical (unpaired) electrons. The Morgan fingerprint density at radius 2 is 1.67 bits per heavy atom. The molecule has 0 spiro atoms. The minimum Gasteiger partial charge on any atom is -0.240 e. The fraction of sp³-hybridized carbons (Fsp3) is 0.0909. The van der Waals surface area contributed by atoms with Gasteiger partial charge in [-0.3, -0.25) is 0 Å². The molecule has 2 aromatic carbocycles. The number of hydrogen-bond acceptors (Lipinski definition) is 3. The van der Waals surface area contributed by atoms with Crippen LogP contribution in [-0.4, -0.2) is 8.42 Å². The van der Waals surface area contributed by atoms with Gasteiger partial charge in [-0.15, -0.1) is 0 Å². The summed E-state index contributed by atoms with van der Waals surface area (Å²) in [5.41, 5.74) is -0.0308. The van der Waals surface area contributed by atoms with Crippen molar-refractivity contribution in [3.63, 3.8) is 0 Å². The minimum atomic E-state index is -3.30. The lowest BCUT2D eigenvalue weighted by molar-refractivity contribution is 0.456. The molecule has 1 heterocycles. The van der Waals surface area contributed by atoms with Crippen LogP contribution in [0.5, 0.6) is 0 Å². The lowest BCUT2D eigenvalue weighted by Crippen LogP contribution is -1.85. The quantitative estimate of drug-likeness (QED) is 0.692. The molecule has 0 bridgehead atoms. The summed E-state index contributed by atoms with van der Waals surface area (Å²) in [6, 6.07) is 13.3. The third kappa shape index (κ3) is 1.33. The molecular formula is C11H8O3S. The second-order valence-corrected chi connectivity index (χ2v) is 5.10. The summed E-state index contributed by atoms with van der Waals surface area (Å²) in [4.78, 5) is 0. The Hall–Kier alpha value is -1.39. The lowest BCUT2D eigenvalue weighted by Gasteiger charge is -2.00. The van der Waals surface area contributed by atoms with E-state index < -0.39 is 15.6 Å². The SMILES string of the molecule is O=S1(=O)OC1c1cccc2ccccc12. The van der Waals surface area contributed by atoms with Gasteiger partial charge in [0.1, 0.15) is 0 Å². The van der Waals surface area contributed by atoms with Crippen molar-refractivity contribution in [1.29, 1.82) is 0 Å². The van der Waals surface area contributed by atoms with Crippen LogP contribution in [-0.2, 0) is 14.3 Å². The van der Waals surface area contributed by atoms with E-state index in [1.165, 1.54) is 0 Å². The van der Waals surface area contributed by atoms with E-state index in [4.69, 9.17) is 0 Å². The first-order valence-electron chi connectivity index (χ1n) is 4.58. The average Bonchev–Trinajstić information content (AvgIpc) is 2.87. The number of fused-ring (bicyclic) bond motifs is 1. The van der Waals surface area contributed by atoms with Gasteiger partial charge in [0.25, 0.3) is 0 Å². The Kier molecular flexibility index (Phi) is 1.66. The van der Waals surface area contributed by atoms with Gasteiger partial charge in [-0.1, -0.05) is 42.5 Å². The van der Waals surface area contributed by atoms with Crippen molar-refractivity contribution in [3.8, 4) is 0 Å². The molecule has 0 aliphatic carbocycles. The highest BCUT2D eigenvalue weighted by molar-refractivity contribution is 7.92. The zero-order valence-electron chi connectivity index (χ0n) is 7.75. The van der Waals surface area contributed by atoms with Crippen LogP contribution < -0.4 is 0 Å². The van der Waals surface area contributed by atoms with Crippen molar-refractivity contribution < 1.29 is 12.6 Å². The molecule has 0 saturated carbocycles. The van der Waals surface area contributed by atoms with Gasteiger partial charge in [-0.2, -0.15) is 8.42 Å². The Labute approximate surface area is 87.4 Å². The van der Waals surface area contributed by atoms with Crippen LogP contribution in [0.15, 0.2) is 42.5 Å². The first kappa shape index (κ1) is 8.88. The first-order valence-corrected chi connectivity index (χ1v) is 6.05. The summed E-state index contributed by atoms with van der Waals surface area (Å²) in [6.07, 6.45) is 0. The second kappa shape index (κ2) is 2.81. The molecule has 3 rings (SSSR count). The van der Waals surface area contributed by atoms with E-state index in [0.717, 1.165) is 16.3 Å². The van der Waals surface area contributed by atoms with Gasteiger partial charge >= 0.3 is 10.1 Å². The van der Waals surface area contributed by atoms with Gasteiger partial charge in [-0.05, 0) is 10.8 Å². The Bertz CT molecular complexity index is 626. The summed E-state index contributed by atoms with van der Waals surface area (Å²) in [5.74, 6) is 0. The van der Waals surface area contributed by atoms with Crippen molar-refractivity contribution in [2.45, 2.75) is 5.44 Å². The molecule has 1 fully saturated rings. The van der Waals surface area contributed by atoms with Gasteiger partial charge in [0.15, 0.2) is 0 Å². The summed E-state index contributed by atoms with van der Waals surface area (Å²) in [6.45, 7) is 0. The summed E-state index contributed by atoms with van der Waals surface area (Å²) in [5, 5.41) is 1.96. The predicted octanol–water partition coefficient (Wildman–Crippen LogP) is 2.20. The van der Waals surface area contributed by atoms with Crippen LogP contribution in [0.4, 0.5) is 0 Å². The van der Waals surface area contributed by atoms with Gasteiger partial charge in [0.05, 0.1) is 0 Å². The van der Waals surface area contributed by atoms with Gasteiger partial charge in [0.2, 0.25) is 5.44 Å². The molecule has 1 aliphatic heterocycles. The zero-order chi connectivity index (χ0) is 10.5. The largest absolute Gasteiger partial charge is 0.302 e. The number of rotatable bonds is 1. The smallest absolute Gasteiger partial charge is 0.240 e. The molecule has 4 heteroatoms. The third-order valence-corrected chi connectivity index (χ3v) is 3.67. The van der Waals surface area contributed by atoms with E-state index in [0.29, 0.717) is 0 Å². The first-order chi connectivity index (χ1) is 7.18. The average molecular weight is 220 g/mol. The van der Waals surface area contributed by atoms with Gasteiger partial charge < -0.3 is 0 Å². The molecule has 0 amide bonds. The van der Waals surface area contributed by atoms with Crippen LogP contribution in [0, 0.1) is 0 Å². The van der Waals surface area contributed by atoms with E-state index in [1.807, 2.05) is 36.4 Å². The molecule has 2 aromatic rings. The van der Waals surface area contributed by atoms with Crippen LogP contribution in [0.2, 0.25) is 0 Å². The molecule has 3 nitrogen and oxygen atoms in total. The van der Waals surface area contributed by atoms with Gasteiger partial charge in [-0.25, -0.2) is 4.18 Å². The molecule has 1 saturated heterocycles. The van der Waals surface area contributed by atoms with Crippen molar-refractivity contribution in [2.75, 3.05) is 0 Å². The summed E-state index contributed by atoms with van der Waals surface area (Å²) in [7, 11) is -3.30. The van der Waals surface area contributed by atoms with E-state index in [2.05, 4.69) is 4.18 Å². The molecule has 1 aliphatic rings. The predicted molar refractivity (Wildman–Crippen MR) is 56.7 cm³/mol. The third-order valence-electron chi connectivity index (χ3n) is 2.52. The van der Waals surface area contributed by atoms with Crippen molar-refractivity contribution >= 4 is 20.9 Å². The highest BCUT2D eigenvalue weighted by atomic mass is 32.2. The van der Waals surface area contributed by atoms with E-state index in [-0.39, 0.29) is 0 Å². The summed E-state index contributed by atoms with van der Waals surface area (Å²) >= 11 is 0. The van der Waals surface area contributed by atoms with Crippen molar-refractivity contribution in [2.24, 2.45) is 0 Å². The Morgan fingerprint density at radius 3 is 2.40 bits per heavy atom. The summed E-state index contributed by atoms with van der Waals surface area (Å²) < 4.78 is 26.9. The molecule has 76 valence electrons. The highest BCUT2D eigenvalue weighted by Crippen LogP contribution is 2.43. The van der Waals surface area contributed by atoms with E-state index in [9.17, 15) is 8.42 Å². The van der Waals surface area contributed by atoms with Crippen LogP contribution in [0.3, 0.4) is 0 Å². The van der Waals surface area contributed by atoms with Gasteiger partial charge in [0, 0.05) is 5.56 Å². The minimum absolute atomic E-state index is 0.730. The van der Waals surface area contributed by atoms with E-state index >= 15 is 0 Å². The fourth-order valence-electron chi connectivity index (χ4n) is 1.76. The number of hydrogen-bond donors (Lipinski definition) is 0. The molecular weight excluding hydrogens is 212 g/mol. The molecule has 1 atom stereocenters. The second-order valence-electron chi connectivity index (χ2n) is 3.49. The number of benzene rings is 2. The standard InChI is InChI=1S/C11H8O3S/c12-15(13)11(14-15)10-7-3-5-8-4-1-2-6-9(8)10/h1-7,11H. The maximum absolute atomic E-state index is 11.1. The fourth-order valence-corrected chi connectivity index (χ4v) is 2.77. The van der Waals surface area contributed by atoms with Crippen molar-refractivity contribution in [1.82, 2.24) is 0 Å². The van der Waals surface area contributed by atoms with Crippen LogP contribution in [0.25, 0.3) is 10.8 Å². The lowest BCUT2D eigenvalue weighted by atomic mass is 10.1. The van der Waals surface area contributed by atoms with Crippen LogP contribution in [0.1, 0.15) is 11.0 Å². The molecule has 15 heavy (non-hydrogen) atoms. The molecule has 0 N–H and O–H groups in total. The normalized spacial score (nSPS) is 22.8. The van der Waals surface area contributed by atoms with Crippen molar-refractivity contribution in [3.05, 3.63) is 48.0 Å². The molecule has 1 unspecified atom stereocenters. The molecule has 0 aromatic heterocycles.